The standard InChI is InChI=1S/C14H23NO2S/c1-4-5-9-12-14(2,3)15-18(16,17)13-10-7-6-8-11-13/h6-8,10-11,15H,4-5,9,12H2,1-3H3. The molecule has 1 aromatic carbocycles. The number of hydrogen-bond donors (Lipinski definition) is 1. The molecule has 0 aliphatic heterocycles. The second-order valence-corrected chi connectivity index (χ2v) is 6.94. The second kappa shape index (κ2) is 6.34. The minimum Gasteiger partial charge on any atom is -0.207 e. The molecule has 0 atom stereocenters. The zero-order chi connectivity index (χ0) is 13.6. The first-order chi connectivity index (χ1) is 8.37. The number of benzene rings is 1. The van der Waals surface area contributed by atoms with Gasteiger partial charge in [-0.15, -0.1) is 0 Å². The number of nitrogens with one attached hydrogen (secondary N) is 1. The average molecular weight is 269 g/mol. The average Bonchev–Trinajstić information content (AvgIpc) is 2.29. The van der Waals surface area contributed by atoms with Gasteiger partial charge in [0.1, 0.15) is 0 Å². The van der Waals surface area contributed by atoms with Gasteiger partial charge in [-0.1, -0.05) is 44.4 Å². The minimum absolute atomic E-state index is 0.327. The summed E-state index contributed by atoms with van der Waals surface area (Å²) in [4.78, 5) is 0.327. The minimum atomic E-state index is -3.41. The fourth-order valence-corrected chi connectivity index (χ4v) is 3.35. The lowest BCUT2D eigenvalue weighted by molar-refractivity contribution is 0.403. The van der Waals surface area contributed by atoms with E-state index in [4.69, 9.17) is 0 Å². The lowest BCUT2D eigenvalue weighted by atomic mass is 9.98. The van der Waals surface area contributed by atoms with Gasteiger partial charge < -0.3 is 0 Å². The van der Waals surface area contributed by atoms with Crippen LogP contribution in [0, 0.1) is 0 Å². The maximum absolute atomic E-state index is 12.2. The third-order valence-corrected chi connectivity index (χ3v) is 4.58. The van der Waals surface area contributed by atoms with Crippen LogP contribution < -0.4 is 4.72 Å². The van der Waals surface area contributed by atoms with E-state index in [-0.39, 0.29) is 0 Å². The summed E-state index contributed by atoms with van der Waals surface area (Å²) in [7, 11) is -3.41. The van der Waals surface area contributed by atoms with E-state index < -0.39 is 15.6 Å². The summed E-state index contributed by atoms with van der Waals surface area (Å²) >= 11 is 0. The molecule has 0 aromatic heterocycles. The Labute approximate surface area is 111 Å². The first-order valence-electron chi connectivity index (χ1n) is 6.46. The Hall–Kier alpha value is -0.870. The highest BCUT2D eigenvalue weighted by molar-refractivity contribution is 7.89. The molecule has 0 fully saturated rings. The maximum atomic E-state index is 12.2. The summed E-state index contributed by atoms with van der Waals surface area (Å²) in [5.74, 6) is 0. The van der Waals surface area contributed by atoms with Crippen molar-refractivity contribution < 1.29 is 8.42 Å². The Balaban J connectivity index is 2.71. The van der Waals surface area contributed by atoms with Crippen LogP contribution in [-0.4, -0.2) is 14.0 Å². The predicted molar refractivity (Wildman–Crippen MR) is 75.0 cm³/mol. The van der Waals surface area contributed by atoms with Gasteiger partial charge in [-0.3, -0.25) is 0 Å². The second-order valence-electron chi connectivity index (χ2n) is 5.26. The molecule has 3 nitrogen and oxygen atoms in total. The quantitative estimate of drug-likeness (QED) is 0.772. The zero-order valence-corrected chi connectivity index (χ0v) is 12.3. The van der Waals surface area contributed by atoms with Crippen molar-refractivity contribution in [2.45, 2.75) is 56.9 Å². The smallest absolute Gasteiger partial charge is 0.207 e. The molecule has 0 radical (unpaired) electrons. The van der Waals surface area contributed by atoms with Crippen molar-refractivity contribution >= 4 is 10.0 Å². The van der Waals surface area contributed by atoms with Gasteiger partial charge in [-0.2, -0.15) is 0 Å². The van der Waals surface area contributed by atoms with E-state index >= 15 is 0 Å². The van der Waals surface area contributed by atoms with Crippen molar-refractivity contribution in [3.8, 4) is 0 Å². The molecule has 0 saturated heterocycles. The topological polar surface area (TPSA) is 46.2 Å². The van der Waals surface area contributed by atoms with Crippen molar-refractivity contribution in [1.29, 1.82) is 0 Å². The Morgan fingerprint density at radius 2 is 1.72 bits per heavy atom. The van der Waals surface area contributed by atoms with Gasteiger partial charge >= 0.3 is 0 Å². The van der Waals surface area contributed by atoms with Gasteiger partial charge in [-0.05, 0) is 32.4 Å². The van der Waals surface area contributed by atoms with Crippen molar-refractivity contribution in [3.63, 3.8) is 0 Å². The summed E-state index contributed by atoms with van der Waals surface area (Å²) in [6.45, 7) is 6.01. The normalized spacial score (nSPS) is 12.6. The van der Waals surface area contributed by atoms with E-state index in [9.17, 15) is 8.42 Å². The first-order valence-corrected chi connectivity index (χ1v) is 7.95. The molecule has 0 unspecified atom stereocenters. The van der Waals surface area contributed by atoms with Gasteiger partial charge in [0.25, 0.3) is 0 Å². The SMILES string of the molecule is CCCCCC(C)(C)NS(=O)(=O)c1ccccc1. The third kappa shape index (κ3) is 4.78. The molecule has 4 heteroatoms. The van der Waals surface area contributed by atoms with Crippen molar-refractivity contribution in [2.24, 2.45) is 0 Å². The maximum Gasteiger partial charge on any atom is 0.241 e. The molecule has 18 heavy (non-hydrogen) atoms. The molecule has 1 aromatic rings. The zero-order valence-electron chi connectivity index (χ0n) is 11.4. The van der Waals surface area contributed by atoms with Crippen LogP contribution in [0.2, 0.25) is 0 Å². The highest BCUT2D eigenvalue weighted by Crippen LogP contribution is 2.18. The van der Waals surface area contributed by atoms with E-state index in [0.29, 0.717) is 4.90 Å². The van der Waals surface area contributed by atoms with E-state index in [1.807, 2.05) is 19.9 Å². The highest BCUT2D eigenvalue weighted by atomic mass is 32.2. The fourth-order valence-electron chi connectivity index (χ4n) is 1.89. The summed E-state index contributed by atoms with van der Waals surface area (Å²) in [6.07, 6.45) is 4.17. The van der Waals surface area contributed by atoms with Gasteiger partial charge in [0.15, 0.2) is 0 Å². The van der Waals surface area contributed by atoms with Gasteiger partial charge in [0.2, 0.25) is 10.0 Å². The molecular weight excluding hydrogens is 246 g/mol. The summed E-state index contributed by atoms with van der Waals surface area (Å²) in [5, 5.41) is 0. The molecule has 0 saturated carbocycles. The van der Waals surface area contributed by atoms with Crippen molar-refractivity contribution in [3.05, 3.63) is 30.3 Å². The third-order valence-electron chi connectivity index (χ3n) is 2.87. The molecular formula is C14H23NO2S. The molecule has 0 aliphatic rings. The first kappa shape index (κ1) is 15.2. The Kier molecular flexibility index (Phi) is 5.35. The summed E-state index contributed by atoms with van der Waals surface area (Å²) in [6, 6.07) is 8.51. The van der Waals surface area contributed by atoms with Gasteiger partial charge in [-0.25, -0.2) is 13.1 Å². The summed E-state index contributed by atoms with van der Waals surface area (Å²) < 4.78 is 27.1. The van der Waals surface area contributed by atoms with Crippen LogP contribution in [0.25, 0.3) is 0 Å². The van der Waals surface area contributed by atoms with E-state index in [0.717, 1.165) is 25.7 Å². The van der Waals surface area contributed by atoms with Crippen molar-refractivity contribution in [2.75, 3.05) is 0 Å². The molecule has 0 heterocycles. The van der Waals surface area contributed by atoms with E-state index in [2.05, 4.69) is 11.6 Å². The summed E-state index contributed by atoms with van der Waals surface area (Å²) in [5.41, 5.74) is -0.399. The van der Waals surface area contributed by atoms with Crippen LogP contribution >= 0.6 is 0 Å². The number of hydrogen-bond acceptors (Lipinski definition) is 2. The van der Waals surface area contributed by atoms with Crippen LogP contribution in [0.5, 0.6) is 0 Å². The van der Waals surface area contributed by atoms with Gasteiger partial charge in [0.05, 0.1) is 4.90 Å². The molecule has 0 spiro atoms. The predicted octanol–water partition coefficient (Wildman–Crippen LogP) is 3.32. The molecule has 0 bridgehead atoms. The molecule has 102 valence electrons. The van der Waals surface area contributed by atoms with Gasteiger partial charge in [0, 0.05) is 5.54 Å². The molecule has 1 N–H and O–H groups in total. The largest absolute Gasteiger partial charge is 0.241 e. The fraction of sp³-hybridized carbons (Fsp3) is 0.571. The monoisotopic (exact) mass is 269 g/mol. The lowest BCUT2D eigenvalue weighted by Crippen LogP contribution is -2.43. The van der Waals surface area contributed by atoms with Crippen LogP contribution in [0.4, 0.5) is 0 Å². The Morgan fingerprint density at radius 3 is 2.28 bits per heavy atom. The van der Waals surface area contributed by atoms with Crippen LogP contribution in [0.15, 0.2) is 35.2 Å². The molecule has 0 amide bonds. The number of sulfonamides is 1. The molecule has 1 rings (SSSR count). The lowest BCUT2D eigenvalue weighted by Gasteiger charge is -2.26. The Morgan fingerprint density at radius 1 is 1.11 bits per heavy atom. The van der Waals surface area contributed by atoms with Crippen molar-refractivity contribution in [1.82, 2.24) is 4.72 Å². The molecule has 0 aliphatic carbocycles. The van der Waals surface area contributed by atoms with E-state index in [1.54, 1.807) is 24.3 Å². The Bertz CT molecular complexity index is 452. The number of unbranched alkanes of at least 4 members (excludes halogenated alkanes) is 2. The highest BCUT2D eigenvalue weighted by Gasteiger charge is 2.25. The van der Waals surface area contributed by atoms with Crippen LogP contribution in [0.3, 0.4) is 0 Å². The van der Waals surface area contributed by atoms with Crippen LogP contribution in [-0.2, 0) is 10.0 Å². The van der Waals surface area contributed by atoms with E-state index in [1.165, 1.54) is 0 Å². The number of rotatable bonds is 7. The van der Waals surface area contributed by atoms with Crippen LogP contribution in [0.1, 0.15) is 46.5 Å².